The first-order valence-corrected chi connectivity index (χ1v) is 9.73. The van der Waals surface area contributed by atoms with Crippen LogP contribution in [0.2, 0.25) is 0 Å². The molecule has 1 amide bonds. The van der Waals surface area contributed by atoms with Gasteiger partial charge < -0.3 is 35.2 Å². The molecule has 2 rings (SSSR count). The van der Waals surface area contributed by atoms with Crippen LogP contribution in [-0.2, 0) is 25.0 Å². The second kappa shape index (κ2) is 9.01. The maximum atomic E-state index is 12.4. The quantitative estimate of drug-likeness (QED) is 0.250. The second-order valence-electron chi connectivity index (χ2n) is 8.54. The number of hydrogen-bond donors (Lipinski definition) is 5. The van der Waals surface area contributed by atoms with Crippen molar-refractivity contribution in [2.45, 2.75) is 64.3 Å². The number of nitrogens with one attached hydrogen (secondary N) is 1. The van der Waals surface area contributed by atoms with Gasteiger partial charge in [0.2, 0.25) is 5.91 Å². The zero-order valence-electron chi connectivity index (χ0n) is 17.9. The van der Waals surface area contributed by atoms with Crippen molar-refractivity contribution in [1.29, 1.82) is 0 Å². The summed E-state index contributed by atoms with van der Waals surface area (Å²) in [7, 11) is 0. The van der Waals surface area contributed by atoms with Crippen LogP contribution >= 0.6 is 0 Å². The van der Waals surface area contributed by atoms with E-state index in [9.17, 15) is 34.8 Å². The first kappa shape index (κ1) is 24.9. The number of hydrogen-bond acceptors (Lipinski definition) is 10. The Labute approximate surface area is 178 Å². The molecule has 1 fully saturated rings. The highest BCUT2D eigenvalue weighted by Gasteiger charge is 2.64. The monoisotopic (exact) mass is 443 g/mol. The molecule has 0 unspecified atom stereocenters. The normalized spacial score (nSPS) is 28.4. The van der Waals surface area contributed by atoms with Crippen LogP contribution in [0.5, 0.6) is 0 Å². The lowest BCUT2D eigenvalue weighted by atomic mass is 9.94. The van der Waals surface area contributed by atoms with E-state index in [-0.39, 0.29) is 31.2 Å². The molecule has 1 aromatic rings. The summed E-state index contributed by atoms with van der Waals surface area (Å²) in [6, 6.07) is 1.19. The van der Waals surface area contributed by atoms with Gasteiger partial charge in [-0.15, -0.1) is 0 Å². The van der Waals surface area contributed by atoms with Crippen molar-refractivity contribution < 1.29 is 39.5 Å². The Morgan fingerprint density at radius 2 is 2.00 bits per heavy atom. The number of ether oxygens (including phenoxy) is 2. The summed E-state index contributed by atoms with van der Waals surface area (Å²) < 4.78 is 10.7. The molecule has 4 atom stereocenters. The van der Waals surface area contributed by atoms with Crippen molar-refractivity contribution in [1.82, 2.24) is 9.55 Å². The topological polar surface area (TPSA) is 180 Å². The van der Waals surface area contributed by atoms with E-state index in [0.717, 1.165) is 13.1 Å². The number of carbonyl (C=O) groups excluding carboxylic acids is 2. The van der Waals surface area contributed by atoms with Gasteiger partial charge in [0.1, 0.15) is 18.0 Å². The Bertz CT molecular complexity index is 877. The highest BCUT2D eigenvalue weighted by atomic mass is 16.7. The maximum Gasteiger partial charge on any atom is 0.353 e. The molecule has 2 heterocycles. The van der Waals surface area contributed by atoms with E-state index in [1.807, 2.05) is 0 Å². The Morgan fingerprint density at radius 3 is 2.52 bits per heavy atom. The van der Waals surface area contributed by atoms with Crippen LogP contribution in [0.4, 0.5) is 5.82 Å². The summed E-state index contributed by atoms with van der Waals surface area (Å²) in [5, 5.41) is 42.8. The average molecular weight is 443 g/mol. The molecule has 0 spiro atoms. The van der Waals surface area contributed by atoms with E-state index < -0.39 is 47.3 Å². The minimum atomic E-state index is -2.69. The molecule has 0 saturated carbocycles. The summed E-state index contributed by atoms with van der Waals surface area (Å²) in [5.41, 5.74) is -4.05. The van der Waals surface area contributed by atoms with Gasteiger partial charge in [0.05, 0.1) is 18.6 Å². The SMILES string of the molecule is CC(C)(C)C(=O)OCCCC(=O)Nc1ccn([C@]2(O)O[C@H](CO)[C@@H](O)[C@@]2(C)O)c(=O)n1. The highest BCUT2D eigenvalue weighted by Crippen LogP contribution is 2.40. The van der Waals surface area contributed by atoms with Crippen LogP contribution < -0.4 is 11.0 Å². The fourth-order valence-electron chi connectivity index (χ4n) is 2.91. The van der Waals surface area contributed by atoms with Crippen molar-refractivity contribution in [3.8, 4) is 0 Å². The molecule has 1 aromatic heterocycles. The average Bonchev–Trinajstić information content (AvgIpc) is 2.84. The summed E-state index contributed by atoms with van der Waals surface area (Å²) in [5.74, 6) is -3.66. The Hall–Kier alpha value is -2.38. The van der Waals surface area contributed by atoms with E-state index >= 15 is 0 Å². The molecule has 12 nitrogen and oxygen atoms in total. The molecule has 174 valence electrons. The van der Waals surface area contributed by atoms with E-state index in [0.29, 0.717) is 4.57 Å². The van der Waals surface area contributed by atoms with Crippen molar-refractivity contribution >= 4 is 17.7 Å². The number of nitrogens with zero attached hydrogens (tertiary/aromatic N) is 2. The first-order valence-electron chi connectivity index (χ1n) is 9.73. The van der Waals surface area contributed by atoms with Gasteiger partial charge in [0.15, 0.2) is 5.60 Å². The number of rotatable bonds is 7. The van der Waals surface area contributed by atoms with Gasteiger partial charge in [0, 0.05) is 12.6 Å². The molecule has 31 heavy (non-hydrogen) atoms. The predicted octanol–water partition coefficient (Wildman–Crippen LogP) is -1.34. The van der Waals surface area contributed by atoms with Crippen LogP contribution in [0, 0.1) is 5.41 Å². The number of esters is 1. The smallest absolute Gasteiger partial charge is 0.353 e. The fraction of sp³-hybridized carbons (Fsp3) is 0.684. The molecular formula is C19H29N3O9. The number of anilines is 1. The number of carbonyl (C=O) groups is 2. The van der Waals surface area contributed by atoms with E-state index in [1.165, 1.54) is 6.07 Å². The molecule has 0 aromatic carbocycles. The molecule has 0 aliphatic carbocycles. The van der Waals surface area contributed by atoms with Crippen molar-refractivity contribution in [3.05, 3.63) is 22.7 Å². The van der Waals surface area contributed by atoms with E-state index in [4.69, 9.17) is 9.47 Å². The van der Waals surface area contributed by atoms with Gasteiger partial charge in [-0.25, -0.2) is 9.36 Å². The van der Waals surface area contributed by atoms with Gasteiger partial charge in [-0.2, -0.15) is 4.98 Å². The lowest BCUT2D eigenvalue weighted by Gasteiger charge is -2.35. The molecule has 0 radical (unpaired) electrons. The molecule has 0 bridgehead atoms. The van der Waals surface area contributed by atoms with E-state index in [2.05, 4.69) is 10.3 Å². The Balaban J connectivity index is 2.01. The number of aromatic nitrogens is 2. The molecule has 1 aliphatic heterocycles. The van der Waals surface area contributed by atoms with Crippen molar-refractivity contribution in [2.75, 3.05) is 18.5 Å². The number of aliphatic hydroxyl groups excluding tert-OH is 2. The summed E-state index contributed by atoms with van der Waals surface area (Å²) in [4.78, 5) is 39.7. The molecule has 1 saturated heterocycles. The van der Waals surface area contributed by atoms with Crippen LogP contribution in [0.3, 0.4) is 0 Å². The summed E-state index contributed by atoms with van der Waals surface area (Å²) in [6.45, 7) is 5.54. The van der Waals surface area contributed by atoms with Crippen molar-refractivity contribution in [3.63, 3.8) is 0 Å². The third kappa shape index (κ3) is 5.10. The molecular weight excluding hydrogens is 414 g/mol. The minimum Gasteiger partial charge on any atom is -0.465 e. The number of aliphatic hydroxyl groups is 4. The van der Waals surface area contributed by atoms with Crippen LogP contribution in [0.15, 0.2) is 17.1 Å². The van der Waals surface area contributed by atoms with Crippen molar-refractivity contribution in [2.24, 2.45) is 5.41 Å². The lowest BCUT2D eigenvalue weighted by Crippen LogP contribution is -2.58. The standard InChI is InChI=1S/C19H29N3O9/c1-17(2,3)15(26)30-9-5-6-13(24)20-12-7-8-22(16(27)21-12)19(29)18(4,28)14(25)11(10-23)31-19/h7-8,11,14,23,25,28-29H,5-6,9-10H2,1-4H3,(H,20,21,24,27)/t11-,14-,18-,19-/m1/s1. The second-order valence-corrected chi connectivity index (χ2v) is 8.54. The van der Waals surface area contributed by atoms with Gasteiger partial charge in [0.25, 0.3) is 5.91 Å². The van der Waals surface area contributed by atoms with Gasteiger partial charge in [-0.05, 0) is 40.2 Å². The third-order valence-electron chi connectivity index (χ3n) is 4.87. The van der Waals surface area contributed by atoms with Crippen LogP contribution in [0.25, 0.3) is 0 Å². The van der Waals surface area contributed by atoms with Gasteiger partial charge >= 0.3 is 11.7 Å². The summed E-state index contributed by atoms with van der Waals surface area (Å²) in [6.07, 6.45) is -1.72. The first-order chi connectivity index (χ1) is 14.2. The molecule has 5 N–H and O–H groups in total. The highest BCUT2D eigenvalue weighted by molar-refractivity contribution is 5.89. The van der Waals surface area contributed by atoms with E-state index in [1.54, 1.807) is 20.8 Å². The minimum absolute atomic E-state index is 0.00825. The van der Waals surface area contributed by atoms with Crippen LogP contribution in [0.1, 0.15) is 40.5 Å². The molecule has 1 aliphatic rings. The summed E-state index contributed by atoms with van der Waals surface area (Å²) >= 11 is 0. The molecule has 12 heteroatoms. The third-order valence-corrected chi connectivity index (χ3v) is 4.87. The zero-order chi connectivity index (χ0) is 23.6. The maximum absolute atomic E-state index is 12.4. The Kier molecular flexibility index (Phi) is 7.23. The zero-order valence-corrected chi connectivity index (χ0v) is 17.9. The number of amides is 1. The van der Waals surface area contributed by atoms with Gasteiger partial charge in [-0.1, -0.05) is 0 Å². The predicted molar refractivity (Wildman–Crippen MR) is 106 cm³/mol. The lowest BCUT2D eigenvalue weighted by molar-refractivity contribution is -0.321. The van der Waals surface area contributed by atoms with Gasteiger partial charge in [-0.3, -0.25) is 9.59 Å². The van der Waals surface area contributed by atoms with Crippen LogP contribution in [-0.4, -0.2) is 72.9 Å². The Morgan fingerprint density at radius 1 is 1.35 bits per heavy atom. The fourth-order valence-corrected chi connectivity index (χ4v) is 2.91. The largest absolute Gasteiger partial charge is 0.465 e.